The van der Waals surface area contributed by atoms with Crippen LogP contribution in [0.1, 0.15) is 16.7 Å². The van der Waals surface area contributed by atoms with Crippen LogP contribution in [0, 0.1) is 20.8 Å². The lowest BCUT2D eigenvalue weighted by atomic mass is 10.1. The summed E-state index contributed by atoms with van der Waals surface area (Å²) >= 11 is 6.26. The molecule has 0 aromatic heterocycles. The molecule has 2 heteroatoms. The summed E-state index contributed by atoms with van der Waals surface area (Å²) in [6, 6.07) is 15.2. The number of alkyl halides is 1. The van der Waals surface area contributed by atoms with Crippen molar-refractivity contribution in [3.05, 3.63) is 59.2 Å². The number of hydrogen-bond acceptors (Lipinski definition) is 0. The van der Waals surface area contributed by atoms with E-state index in [1.54, 1.807) is 0 Å². The Morgan fingerprint density at radius 3 is 2.28 bits per heavy atom. The highest BCUT2D eigenvalue weighted by atomic mass is 35.5. The summed E-state index contributed by atoms with van der Waals surface area (Å²) in [7, 11) is -0.848. The number of rotatable bonds is 3. The van der Waals surface area contributed by atoms with Crippen molar-refractivity contribution in [3.63, 3.8) is 0 Å². The van der Waals surface area contributed by atoms with E-state index in [0.29, 0.717) is 0 Å². The fourth-order valence-corrected chi connectivity index (χ4v) is 5.45. The summed E-state index contributed by atoms with van der Waals surface area (Å²) in [6.45, 7) is 6.56. The third-order valence-electron chi connectivity index (χ3n) is 3.39. The maximum absolute atomic E-state index is 6.26. The first kappa shape index (κ1) is 13.4. The van der Waals surface area contributed by atoms with Crippen molar-refractivity contribution in [3.8, 4) is 0 Å². The van der Waals surface area contributed by atoms with Crippen LogP contribution in [0.25, 0.3) is 0 Å². The van der Waals surface area contributed by atoms with Crippen LogP contribution in [0.2, 0.25) is 0 Å². The van der Waals surface area contributed by atoms with E-state index in [0.717, 1.165) is 5.50 Å². The quantitative estimate of drug-likeness (QED) is 0.596. The van der Waals surface area contributed by atoms with Gasteiger partial charge in [-0.1, -0.05) is 58.4 Å². The highest BCUT2D eigenvalue weighted by Crippen LogP contribution is 2.09. The molecule has 2 aromatic carbocycles. The van der Waals surface area contributed by atoms with E-state index < -0.39 is 8.80 Å². The molecule has 0 aliphatic carbocycles. The third-order valence-corrected chi connectivity index (χ3v) is 6.66. The second kappa shape index (κ2) is 5.72. The molecule has 2 rings (SSSR count). The first-order chi connectivity index (χ1) is 8.63. The second-order valence-electron chi connectivity index (χ2n) is 4.73. The molecule has 0 nitrogen and oxygen atoms in total. The summed E-state index contributed by atoms with van der Waals surface area (Å²) in [6.07, 6.45) is 0. The lowest BCUT2D eigenvalue weighted by Crippen LogP contribution is -2.45. The highest BCUT2D eigenvalue weighted by molar-refractivity contribution is 6.89. The minimum Gasteiger partial charge on any atom is -0.130 e. The van der Waals surface area contributed by atoms with E-state index in [1.807, 2.05) is 0 Å². The molecule has 0 aliphatic heterocycles. The average molecular weight is 274 g/mol. The van der Waals surface area contributed by atoms with Gasteiger partial charge < -0.3 is 0 Å². The van der Waals surface area contributed by atoms with E-state index in [2.05, 4.69) is 63.2 Å². The van der Waals surface area contributed by atoms with Gasteiger partial charge in [-0.15, -0.1) is 11.6 Å². The summed E-state index contributed by atoms with van der Waals surface area (Å²) in [4.78, 5) is 0. The van der Waals surface area contributed by atoms with Gasteiger partial charge in [0.2, 0.25) is 0 Å². The van der Waals surface area contributed by atoms with Gasteiger partial charge in [0.05, 0.1) is 0 Å². The number of aryl methyl sites for hydroxylation is 2. The molecule has 1 radical (unpaired) electrons. The van der Waals surface area contributed by atoms with E-state index >= 15 is 0 Å². The van der Waals surface area contributed by atoms with E-state index in [4.69, 9.17) is 11.6 Å². The van der Waals surface area contributed by atoms with Crippen LogP contribution in [-0.2, 0) is 0 Å². The van der Waals surface area contributed by atoms with Gasteiger partial charge in [-0.05, 0) is 31.9 Å². The van der Waals surface area contributed by atoms with Gasteiger partial charge in [-0.2, -0.15) is 0 Å². The Morgan fingerprint density at radius 2 is 1.67 bits per heavy atom. The van der Waals surface area contributed by atoms with E-state index in [-0.39, 0.29) is 0 Å². The fourth-order valence-electron chi connectivity index (χ4n) is 2.30. The molecule has 0 atom stereocenters. The molecule has 0 amide bonds. The molecular formula is C16H18ClSi. The third kappa shape index (κ3) is 2.68. The van der Waals surface area contributed by atoms with Crippen LogP contribution in [0.4, 0.5) is 0 Å². The number of hydrogen-bond donors (Lipinski definition) is 0. The van der Waals surface area contributed by atoms with Crippen molar-refractivity contribution in [2.45, 2.75) is 20.8 Å². The van der Waals surface area contributed by atoms with Gasteiger partial charge in [0.15, 0.2) is 0 Å². The summed E-state index contributed by atoms with van der Waals surface area (Å²) in [5, 5.41) is 2.85. The standard InChI is InChI=1S/C16H18ClSi/c1-12-9-13(2)14(3)16(10-12)18(11-17)15-7-5-4-6-8-15/h4-10H,11H2,1-3H3. The van der Waals surface area contributed by atoms with Crippen molar-refractivity contribution in [2.75, 3.05) is 5.50 Å². The SMILES string of the molecule is Cc1cc(C)c(C)c([Si](CCl)c2ccccc2)c1. The summed E-state index contributed by atoms with van der Waals surface area (Å²) in [5.74, 6) is 0. The molecule has 0 fully saturated rings. The minimum absolute atomic E-state index is 0.721. The lowest BCUT2D eigenvalue weighted by Gasteiger charge is -2.18. The van der Waals surface area contributed by atoms with Crippen LogP contribution in [0.15, 0.2) is 42.5 Å². The molecule has 93 valence electrons. The Morgan fingerprint density at radius 1 is 1.00 bits per heavy atom. The molecule has 0 unspecified atom stereocenters. The summed E-state index contributed by atoms with van der Waals surface area (Å²) in [5.41, 5.74) is 4.82. The molecular weight excluding hydrogens is 256 g/mol. The molecule has 0 aliphatic rings. The Labute approximate surface area is 116 Å². The zero-order valence-electron chi connectivity index (χ0n) is 11.1. The normalized spacial score (nSPS) is 10.9. The van der Waals surface area contributed by atoms with Crippen LogP contribution in [0.3, 0.4) is 0 Å². The maximum atomic E-state index is 6.26. The Bertz CT molecular complexity index is 534. The van der Waals surface area contributed by atoms with Crippen LogP contribution >= 0.6 is 11.6 Å². The van der Waals surface area contributed by atoms with Gasteiger partial charge in [0.1, 0.15) is 8.80 Å². The maximum Gasteiger partial charge on any atom is 0.136 e. The zero-order chi connectivity index (χ0) is 13.1. The molecule has 18 heavy (non-hydrogen) atoms. The van der Waals surface area contributed by atoms with E-state index in [9.17, 15) is 0 Å². The highest BCUT2D eigenvalue weighted by Gasteiger charge is 2.18. The monoisotopic (exact) mass is 273 g/mol. The van der Waals surface area contributed by atoms with Crippen molar-refractivity contribution >= 4 is 30.8 Å². The van der Waals surface area contributed by atoms with Crippen LogP contribution in [-0.4, -0.2) is 14.3 Å². The predicted octanol–water partition coefficient (Wildman–Crippen LogP) is 3.00. The topological polar surface area (TPSA) is 0 Å². The van der Waals surface area contributed by atoms with Crippen LogP contribution in [0.5, 0.6) is 0 Å². The van der Waals surface area contributed by atoms with Gasteiger partial charge in [-0.3, -0.25) is 0 Å². The molecule has 0 bridgehead atoms. The van der Waals surface area contributed by atoms with Crippen molar-refractivity contribution in [1.29, 1.82) is 0 Å². The van der Waals surface area contributed by atoms with E-state index in [1.165, 1.54) is 27.1 Å². The van der Waals surface area contributed by atoms with Gasteiger partial charge in [-0.25, -0.2) is 0 Å². The molecule has 0 saturated carbocycles. The number of benzene rings is 2. The molecule has 2 aromatic rings. The number of halogens is 1. The molecule has 0 spiro atoms. The Kier molecular flexibility index (Phi) is 4.26. The molecule has 0 N–H and O–H groups in total. The average Bonchev–Trinajstić information content (AvgIpc) is 2.37. The van der Waals surface area contributed by atoms with Crippen molar-refractivity contribution in [1.82, 2.24) is 0 Å². The Hall–Kier alpha value is -1.05. The zero-order valence-corrected chi connectivity index (χ0v) is 12.9. The lowest BCUT2D eigenvalue weighted by molar-refractivity contribution is 1.32. The summed E-state index contributed by atoms with van der Waals surface area (Å²) < 4.78 is 0. The smallest absolute Gasteiger partial charge is 0.130 e. The largest absolute Gasteiger partial charge is 0.136 e. The predicted molar refractivity (Wildman–Crippen MR) is 82.8 cm³/mol. The molecule has 0 heterocycles. The molecule has 0 saturated heterocycles. The second-order valence-corrected chi connectivity index (χ2v) is 7.87. The first-order valence-electron chi connectivity index (χ1n) is 6.19. The first-order valence-corrected chi connectivity index (χ1v) is 8.43. The van der Waals surface area contributed by atoms with Crippen molar-refractivity contribution < 1.29 is 0 Å². The fraction of sp³-hybridized carbons (Fsp3) is 0.250. The Balaban J connectivity index is 2.52. The van der Waals surface area contributed by atoms with Gasteiger partial charge in [0, 0.05) is 5.50 Å². The van der Waals surface area contributed by atoms with Gasteiger partial charge in [0.25, 0.3) is 0 Å². The van der Waals surface area contributed by atoms with Crippen molar-refractivity contribution in [2.24, 2.45) is 0 Å². The van der Waals surface area contributed by atoms with Gasteiger partial charge >= 0.3 is 0 Å². The van der Waals surface area contributed by atoms with Crippen LogP contribution < -0.4 is 10.4 Å². The minimum atomic E-state index is -0.848.